The summed E-state index contributed by atoms with van der Waals surface area (Å²) in [6, 6.07) is 14.3. The molecule has 2 nitrogen and oxygen atoms in total. The largest absolute Gasteiger partial charge is 0.491 e. The number of benzene rings is 2. The quantitative estimate of drug-likeness (QED) is 0.451. The fraction of sp³-hybridized carbons (Fsp3) is 0.333. The van der Waals surface area contributed by atoms with Gasteiger partial charge in [0.05, 0.1) is 12.7 Å². The minimum Gasteiger partial charge on any atom is -0.491 e. The van der Waals surface area contributed by atoms with Gasteiger partial charge in [-0.1, -0.05) is 23.7 Å². The molecule has 2 aromatic rings. The predicted octanol–water partition coefficient (Wildman–Crippen LogP) is 5.09. The summed E-state index contributed by atoms with van der Waals surface area (Å²) < 4.78 is 12.4. The molecule has 0 aromatic heterocycles. The van der Waals surface area contributed by atoms with Crippen LogP contribution in [0.5, 0.6) is 5.75 Å². The summed E-state index contributed by atoms with van der Waals surface area (Å²) in [5.74, 6) is 0.886. The Balaban J connectivity index is 1.53. The SMILES string of the molecule is Clc1ccc(I)cc1Cc1ccc(OCCOC2CC2)cc1. The molecule has 0 atom stereocenters. The second-order valence-corrected chi connectivity index (χ2v) is 7.13. The van der Waals surface area contributed by atoms with Crippen LogP contribution >= 0.6 is 34.2 Å². The summed E-state index contributed by atoms with van der Waals surface area (Å²) >= 11 is 8.56. The van der Waals surface area contributed by atoms with Gasteiger partial charge in [0.25, 0.3) is 0 Å². The van der Waals surface area contributed by atoms with Gasteiger partial charge in [-0.25, -0.2) is 0 Å². The minimum absolute atomic E-state index is 0.490. The van der Waals surface area contributed by atoms with Crippen LogP contribution in [0.3, 0.4) is 0 Å². The van der Waals surface area contributed by atoms with Gasteiger partial charge < -0.3 is 9.47 Å². The third-order valence-corrected chi connectivity index (χ3v) is 4.60. The third kappa shape index (κ3) is 4.86. The Labute approximate surface area is 149 Å². The van der Waals surface area contributed by atoms with E-state index in [0.717, 1.165) is 22.8 Å². The van der Waals surface area contributed by atoms with E-state index in [4.69, 9.17) is 21.1 Å². The average molecular weight is 429 g/mol. The number of hydrogen-bond donors (Lipinski definition) is 0. The molecule has 0 heterocycles. The highest BCUT2D eigenvalue weighted by Gasteiger charge is 2.21. The monoisotopic (exact) mass is 428 g/mol. The van der Waals surface area contributed by atoms with Crippen LogP contribution in [0.25, 0.3) is 0 Å². The summed E-state index contributed by atoms with van der Waals surface area (Å²) in [5, 5.41) is 0.818. The van der Waals surface area contributed by atoms with Crippen molar-refractivity contribution in [3.63, 3.8) is 0 Å². The molecular weight excluding hydrogens is 411 g/mol. The van der Waals surface area contributed by atoms with Gasteiger partial charge in [-0.2, -0.15) is 0 Å². The van der Waals surface area contributed by atoms with E-state index in [2.05, 4.69) is 40.8 Å². The van der Waals surface area contributed by atoms with Gasteiger partial charge in [-0.3, -0.25) is 0 Å². The topological polar surface area (TPSA) is 18.5 Å². The molecule has 1 aliphatic rings. The molecule has 0 radical (unpaired) electrons. The van der Waals surface area contributed by atoms with E-state index >= 15 is 0 Å². The molecule has 1 aliphatic carbocycles. The smallest absolute Gasteiger partial charge is 0.119 e. The lowest BCUT2D eigenvalue weighted by Crippen LogP contribution is -2.07. The molecule has 0 unspecified atom stereocenters. The molecule has 0 amide bonds. The zero-order valence-corrected chi connectivity index (χ0v) is 15.1. The molecule has 0 aliphatic heterocycles. The lowest BCUT2D eigenvalue weighted by Gasteiger charge is -2.09. The van der Waals surface area contributed by atoms with E-state index in [1.54, 1.807) is 0 Å². The summed E-state index contributed by atoms with van der Waals surface area (Å²) in [6.45, 7) is 1.28. The van der Waals surface area contributed by atoms with Crippen molar-refractivity contribution in [1.29, 1.82) is 0 Å². The van der Waals surface area contributed by atoms with E-state index in [9.17, 15) is 0 Å². The van der Waals surface area contributed by atoms with Crippen LogP contribution in [0, 0.1) is 3.57 Å². The van der Waals surface area contributed by atoms with Gasteiger partial charge in [0.2, 0.25) is 0 Å². The van der Waals surface area contributed by atoms with Gasteiger partial charge in [0.1, 0.15) is 12.4 Å². The highest BCUT2D eigenvalue weighted by Crippen LogP contribution is 2.24. The first-order valence-corrected chi connectivity index (χ1v) is 8.93. The van der Waals surface area contributed by atoms with Crippen molar-refractivity contribution >= 4 is 34.2 Å². The average Bonchev–Trinajstić information content (AvgIpc) is 3.33. The van der Waals surface area contributed by atoms with Crippen LogP contribution in [0.1, 0.15) is 24.0 Å². The molecule has 0 spiro atoms. The fourth-order valence-electron chi connectivity index (χ4n) is 2.21. The number of ether oxygens (including phenoxy) is 2. The Hall–Kier alpha value is -0.780. The van der Waals surface area contributed by atoms with Crippen molar-refractivity contribution in [2.45, 2.75) is 25.4 Å². The molecule has 1 saturated carbocycles. The van der Waals surface area contributed by atoms with Gasteiger partial charge in [0.15, 0.2) is 0 Å². The maximum absolute atomic E-state index is 6.25. The molecule has 2 aromatic carbocycles. The molecule has 3 rings (SSSR count). The van der Waals surface area contributed by atoms with E-state index in [-0.39, 0.29) is 0 Å². The van der Waals surface area contributed by atoms with Crippen molar-refractivity contribution in [3.05, 3.63) is 62.2 Å². The zero-order valence-electron chi connectivity index (χ0n) is 12.2. The standard InChI is InChI=1S/C18H18ClIO2/c19-18-8-3-15(20)12-14(18)11-13-1-4-16(5-2-13)21-9-10-22-17-6-7-17/h1-5,8,12,17H,6-7,9-11H2. The van der Waals surface area contributed by atoms with Crippen LogP contribution in [0.4, 0.5) is 0 Å². The van der Waals surface area contributed by atoms with Crippen LogP contribution in [0.2, 0.25) is 5.02 Å². The normalized spacial score (nSPS) is 14.1. The second-order valence-electron chi connectivity index (χ2n) is 5.48. The lowest BCUT2D eigenvalue weighted by molar-refractivity contribution is 0.0881. The Bertz CT molecular complexity index is 623. The number of halogens is 2. The number of hydrogen-bond acceptors (Lipinski definition) is 2. The van der Waals surface area contributed by atoms with E-state index < -0.39 is 0 Å². The molecule has 0 saturated heterocycles. The van der Waals surface area contributed by atoms with Crippen molar-refractivity contribution in [1.82, 2.24) is 0 Å². The van der Waals surface area contributed by atoms with Crippen molar-refractivity contribution in [2.75, 3.05) is 13.2 Å². The molecule has 116 valence electrons. The maximum atomic E-state index is 6.25. The summed E-state index contributed by atoms with van der Waals surface area (Å²) in [4.78, 5) is 0. The van der Waals surface area contributed by atoms with Crippen LogP contribution in [-0.2, 0) is 11.2 Å². The Morgan fingerprint density at radius 1 is 1.05 bits per heavy atom. The van der Waals surface area contributed by atoms with Gasteiger partial charge in [-0.05, 0) is 83.3 Å². The molecule has 1 fully saturated rings. The highest BCUT2D eigenvalue weighted by molar-refractivity contribution is 14.1. The Morgan fingerprint density at radius 2 is 1.82 bits per heavy atom. The van der Waals surface area contributed by atoms with Crippen molar-refractivity contribution < 1.29 is 9.47 Å². The molecule has 4 heteroatoms. The van der Waals surface area contributed by atoms with Gasteiger partial charge in [0, 0.05) is 8.59 Å². The van der Waals surface area contributed by atoms with Crippen LogP contribution in [0.15, 0.2) is 42.5 Å². The first kappa shape index (κ1) is 16.1. The first-order chi connectivity index (χ1) is 10.7. The lowest BCUT2D eigenvalue weighted by atomic mass is 10.1. The summed E-state index contributed by atoms with van der Waals surface area (Å²) in [6.07, 6.45) is 3.73. The molecule has 0 N–H and O–H groups in total. The maximum Gasteiger partial charge on any atom is 0.119 e. The fourth-order valence-corrected chi connectivity index (χ4v) is 2.95. The zero-order chi connectivity index (χ0) is 15.4. The van der Waals surface area contributed by atoms with Gasteiger partial charge >= 0.3 is 0 Å². The van der Waals surface area contributed by atoms with Crippen molar-refractivity contribution in [2.24, 2.45) is 0 Å². The highest BCUT2D eigenvalue weighted by atomic mass is 127. The molecule has 22 heavy (non-hydrogen) atoms. The predicted molar refractivity (Wildman–Crippen MR) is 97.9 cm³/mol. The number of rotatable bonds is 7. The first-order valence-electron chi connectivity index (χ1n) is 7.48. The summed E-state index contributed by atoms with van der Waals surface area (Å²) in [5.41, 5.74) is 2.38. The van der Waals surface area contributed by atoms with E-state index in [1.165, 1.54) is 22.0 Å². The van der Waals surface area contributed by atoms with Crippen LogP contribution < -0.4 is 4.74 Å². The Kier molecular flexibility index (Phi) is 5.61. The Morgan fingerprint density at radius 3 is 2.55 bits per heavy atom. The summed E-state index contributed by atoms with van der Waals surface area (Å²) in [7, 11) is 0. The molecular formula is C18H18ClIO2. The second kappa shape index (κ2) is 7.66. The van der Waals surface area contributed by atoms with Crippen molar-refractivity contribution in [3.8, 4) is 5.75 Å². The third-order valence-electron chi connectivity index (χ3n) is 3.56. The van der Waals surface area contributed by atoms with Crippen LogP contribution in [-0.4, -0.2) is 19.3 Å². The van der Waals surface area contributed by atoms with Gasteiger partial charge in [-0.15, -0.1) is 0 Å². The molecule has 0 bridgehead atoms. The van der Waals surface area contributed by atoms with E-state index in [1.807, 2.05) is 24.3 Å². The van der Waals surface area contributed by atoms with E-state index in [0.29, 0.717) is 19.3 Å². The minimum atomic E-state index is 0.490.